The monoisotopic (exact) mass is 388 g/mol. The number of hydrogen-bond donors (Lipinski definition) is 1. The number of amides is 2. The summed E-state index contributed by atoms with van der Waals surface area (Å²) in [6, 6.07) is 13.4. The van der Waals surface area contributed by atoms with Gasteiger partial charge in [0.05, 0.1) is 11.4 Å². The number of benzene rings is 2. The molecule has 0 unspecified atom stereocenters. The molecule has 8 heteroatoms. The lowest BCUT2D eigenvalue weighted by atomic mass is 10.2. The SMILES string of the molecule is C[C@@H](Oc1ccc(Cl)cc1)C(=O)OCC(=O)N1CC(=O)Nc2ccccc21. The fourth-order valence-electron chi connectivity index (χ4n) is 2.55. The topological polar surface area (TPSA) is 84.9 Å². The van der Waals surface area contributed by atoms with Gasteiger partial charge in [-0.1, -0.05) is 23.7 Å². The van der Waals surface area contributed by atoms with Gasteiger partial charge in [-0.25, -0.2) is 4.79 Å². The van der Waals surface area contributed by atoms with Crippen molar-refractivity contribution in [3.63, 3.8) is 0 Å². The van der Waals surface area contributed by atoms with Crippen LogP contribution in [0.3, 0.4) is 0 Å². The standard InChI is InChI=1S/C19H17ClN2O5/c1-12(27-14-8-6-13(20)7-9-14)19(25)26-11-18(24)22-10-17(23)21-15-4-2-3-5-16(15)22/h2-9,12H,10-11H2,1H3,(H,21,23)/t12-/m1/s1. The van der Waals surface area contributed by atoms with Crippen molar-refractivity contribution in [1.29, 1.82) is 0 Å². The van der Waals surface area contributed by atoms with E-state index in [1.54, 1.807) is 48.5 Å². The highest BCUT2D eigenvalue weighted by Crippen LogP contribution is 2.28. The van der Waals surface area contributed by atoms with E-state index in [0.717, 1.165) is 0 Å². The summed E-state index contributed by atoms with van der Waals surface area (Å²) in [5, 5.41) is 3.24. The summed E-state index contributed by atoms with van der Waals surface area (Å²) in [5.41, 5.74) is 1.09. The summed E-state index contributed by atoms with van der Waals surface area (Å²) in [6.07, 6.45) is -0.907. The van der Waals surface area contributed by atoms with Gasteiger partial charge >= 0.3 is 5.97 Å². The van der Waals surface area contributed by atoms with E-state index in [0.29, 0.717) is 22.1 Å². The smallest absolute Gasteiger partial charge is 0.347 e. The molecule has 0 radical (unpaired) electrons. The highest BCUT2D eigenvalue weighted by Gasteiger charge is 2.28. The summed E-state index contributed by atoms with van der Waals surface area (Å²) in [6.45, 7) is 0.893. The molecule has 2 aromatic carbocycles. The van der Waals surface area contributed by atoms with Crippen molar-refractivity contribution in [3.8, 4) is 5.75 Å². The fourth-order valence-corrected chi connectivity index (χ4v) is 2.68. The molecule has 1 aliphatic rings. The largest absolute Gasteiger partial charge is 0.479 e. The average molecular weight is 389 g/mol. The molecule has 27 heavy (non-hydrogen) atoms. The quantitative estimate of drug-likeness (QED) is 0.796. The maximum absolute atomic E-state index is 12.4. The molecule has 1 N–H and O–H groups in total. The molecule has 1 atom stereocenters. The molecule has 0 aliphatic carbocycles. The number of carbonyl (C=O) groups is 3. The predicted octanol–water partition coefficient (Wildman–Crippen LogP) is 2.64. The number of nitrogens with one attached hydrogen (secondary N) is 1. The highest BCUT2D eigenvalue weighted by molar-refractivity contribution is 6.30. The number of para-hydroxylation sites is 2. The van der Waals surface area contributed by atoms with Crippen molar-refractivity contribution in [2.45, 2.75) is 13.0 Å². The van der Waals surface area contributed by atoms with Crippen LogP contribution in [-0.2, 0) is 19.1 Å². The molecule has 7 nitrogen and oxygen atoms in total. The molecule has 2 amide bonds. The zero-order valence-corrected chi connectivity index (χ0v) is 15.2. The molecule has 0 saturated carbocycles. The van der Waals surface area contributed by atoms with E-state index in [2.05, 4.69) is 5.32 Å². The first-order valence-electron chi connectivity index (χ1n) is 8.22. The molecule has 0 spiro atoms. The number of fused-ring (bicyclic) bond motifs is 1. The second-order valence-electron chi connectivity index (χ2n) is 5.87. The van der Waals surface area contributed by atoms with Crippen LogP contribution >= 0.6 is 11.6 Å². The third kappa shape index (κ3) is 4.57. The van der Waals surface area contributed by atoms with E-state index >= 15 is 0 Å². The van der Waals surface area contributed by atoms with Crippen LogP contribution < -0.4 is 15.0 Å². The third-order valence-corrected chi connectivity index (χ3v) is 4.12. The van der Waals surface area contributed by atoms with Gasteiger partial charge < -0.3 is 14.8 Å². The summed E-state index contributed by atoms with van der Waals surface area (Å²) in [4.78, 5) is 37.6. The van der Waals surface area contributed by atoms with E-state index in [4.69, 9.17) is 21.1 Å². The van der Waals surface area contributed by atoms with Gasteiger partial charge in [0.2, 0.25) is 5.91 Å². The zero-order valence-electron chi connectivity index (χ0n) is 14.5. The molecule has 3 rings (SSSR count). The molecule has 140 valence electrons. The van der Waals surface area contributed by atoms with Crippen LogP contribution in [0.25, 0.3) is 0 Å². The van der Waals surface area contributed by atoms with Gasteiger partial charge in [0.25, 0.3) is 5.91 Å². The number of esters is 1. The lowest BCUT2D eigenvalue weighted by Gasteiger charge is -2.29. The van der Waals surface area contributed by atoms with Gasteiger partial charge in [0.1, 0.15) is 12.3 Å². The van der Waals surface area contributed by atoms with Crippen molar-refractivity contribution in [1.82, 2.24) is 0 Å². The molecule has 0 bridgehead atoms. The summed E-state index contributed by atoms with van der Waals surface area (Å²) in [5.74, 6) is -1.04. The molecule has 1 aliphatic heterocycles. The van der Waals surface area contributed by atoms with Gasteiger partial charge in [0.15, 0.2) is 12.7 Å². The molecule has 0 saturated heterocycles. The number of halogens is 1. The average Bonchev–Trinajstić information content (AvgIpc) is 2.66. The molecular formula is C19H17ClN2O5. The van der Waals surface area contributed by atoms with Gasteiger partial charge in [-0.3, -0.25) is 14.5 Å². The van der Waals surface area contributed by atoms with Crippen molar-refractivity contribution in [2.75, 3.05) is 23.4 Å². The predicted molar refractivity (Wildman–Crippen MR) is 99.9 cm³/mol. The van der Waals surface area contributed by atoms with Gasteiger partial charge in [-0.05, 0) is 43.3 Å². The first kappa shape index (κ1) is 18.7. The minimum Gasteiger partial charge on any atom is -0.479 e. The van der Waals surface area contributed by atoms with Crippen LogP contribution in [0.5, 0.6) is 5.75 Å². The zero-order chi connectivity index (χ0) is 19.4. The normalized spacial score (nSPS) is 14.0. The number of hydrogen-bond acceptors (Lipinski definition) is 5. The Balaban J connectivity index is 1.58. The minimum atomic E-state index is -0.907. The fraction of sp³-hybridized carbons (Fsp3) is 0.211. The Labute approximate surface area is 160 Å². The number of nitrogens with zero attached hydrogens (tertiary/aromatic N) is 1. The van der Waals surface area contributed by atoms with Gasteiger partial charge in [0, 0.05) is 5.02 Å². The Morgan fingerprint density at radius 2 is 1.89 bits per heavy atom. The summed E-state index contributed by atoms with van der Waals surface area (Å²) >= 11 is 5.80. The molecule has 0 aromatic heterocycles. The van der Waals surface area contributed by atoms with Crippen LogP contribution in [0.2, 0.25) is 5.02 Å². The van der Waals surface area contributed by atoms with Crippen LogP contribution in [0.15, 0.2) is 48.5 Å². The maximum Gasteiger partial charge on any atom is 0.347 e. The van der Waals surface area contributed by atoms with Gasteiger partial charge in [-0.15, -0.1) is 0 Å². The second kappa shape index (κ2) is 8.09. The van der Waals surface area contributed by atoms with Crippen LogP contribution in [0.4, 0.5) is 11.4 Å². The number of ether oxygens (including phenoxy) is 2. The van der Waals surface area contributed by atoms with Gasteiger partial charge in [-0.2, -0.15) is 0 Å². The van der Waals surface area contributed by atoms with E-state index in [-0.39, 0.29) is 12.5 Å². The Kier molecular flexibility index (Phi) is 5.61. The third-order valence-electron chi connectivity index (χ3n) is 3.87. The number of rotatable bonds is 5. The molecular weight excluding hydrogens is 372 g/mol. The van der Waals surface area contributed by atoms with E-state index in [1.165, 1.54) is 11.8 Å². The Hall–Kier alpha value is -3.06. The summed E-state index contributed by atoms with van der Waals surface area (Å²) < 4.78 is 10.5. The van der Waals surface area contributed by atoms with Crippen LogP contribution in [-0.4, -0.2) is 37.0 Å². The maximum atomic E-state index is 12.4. The number of carbonyl (C=O) groups excluding carboxylic acids is 3. The Morgan fingerprint density at radius 1 is 1.19 bits per heavy atom. The Morgan fingerprint density at radius 3 is 2.63 bits per heavy atom. The molecule has 0 fully saturated rings. The van der Waals surface area contributed by atoms with E-state index in [1.807, 2.05) is 0 Å². The molecule has 1 heterocycles. The minimum absolute atomic E-state index is 0.135. The highest BCUT2D eigenvalue weighted by atomic mass is 35.5. The lowest BCUT2D eigenvalue weighted by Crippen LogP contribution is -2.44. The first-order valence-corrected chi connectivity index (χ1v) is 8.60. The molecule has 2 aromatic rings. The van der Waals surface area contributed by atoms with Crippen molar-refractivity contribution in [2.24, 2.45) is 0 Å². The Bertz CT molecular complexity index is 869. The lowest BCUT2D eigenvalue weighted by molar-refractivity contribution is -0.154. The van der Waals surface area contributed by atoms with Crippen LogP contribution in [0, 0.1) is 0 Å². The van der Waals surface area contributed by atoms with E-state index in [9.17, 15) is 14.4 Å². The van der Waals surface area contributed by atoms with E-state index < -0.39 is 24.6 Å². The van der Waals surface area contributed by atoms with Crippen molar-refractivity contribution < 1.29 is 23.9 Å². The van der Waals surface area contributed by atoms with Crippen LogP contribution in [0.1, 0.15) is 6.92 Å². The summed E-state index contributed by atoms with van der Waals surface area (Å²) in [7, 11) is 0. The number of anilines is 2. The van der Waals surface area contributed by atoms with Crippen molar-refractivity contribution in [3.05, 3.63) is 53.6 Å². The van der Waals surface area contributed by atoms with Crippen molar-refractivity contribution >= 4 is 40.8 Å². The second-order valence-corrected chi connectivity index (χ2v) is 6.30. The first-order chi connectivity index (χ1) is 12.9.